The highest BCUT2D eigenvalue weighted by atomic mass is 16.6. The first kappa shape index (κ1) is 14.8. The van der Waals surface area contributed by atoms with E-state index in [0.717, 1.165) is 32.1 Å². The molecule has 3 unspecified atom stereocenters. The number of ether oxygens (including phenoxy) is 2. The number of epoxide rings is 1. The van der Waals surface area contributed by atoms with Crippen LogP contribution in [-0.4, -0.2) is 24.8 Å². The summed E-state index contributed by atoms with van der Waals surface area (Å²) in [4.78, 5) is 11.6. The lowest BCUT2D eigenvalue weighted by Gasteiger charge is -2.19. The SMILES string of the molecule is CC(C)(C)CCCCC(=O)OCC1CCC2OC2C1. The third-order valence-corrected chi connectivity index (χ3v) is 4.15. The molecule has 0 aromatic carbocycles. The lowest BCUT2D eigenvalue weighted by Crippen LogP contribution is -2.20. The van der Waals surface area contributed by atoms with E-state index in [2.05, 4.69) is 20.8 Å². The molecule has 0 aromatic heterocycles. The predicted octanol–water partition coefficient (Wildman–Crippen LogP) is 3.70. The van der Waals surface area contributed by atoms with Crippen molar-refractivity contribution in [2.45, 2.75) is 77.9 Å². The average Bonchev–Trinajstić information content (AvgIpc) is 3.09. The molecule has 0 amide bonds. The minimum absolute atomic E-state index is 0.0206. The average molecular weight is 268 g/mol. The standard InChI is InChI=1S/C16H28O3/c1-16(2,3)9-5-4-6-15(17)18-11-12-7-8-13-14(10-12)19-13/h12-14H,4-11H2,1-3H3. The Morgan fingerprint density at radius 2 is 2.00 bits per heavy atom. The molecule has 3 atom stereocenters. The maximum absolute atomic E-state index is 11.6. The number of hydrogen-bond acceptors (Lipinski definition) is 3. The van der Waals surface area contributed by atoms with Crippen molar-refractivity contribution in [1.82, 2.24) is 0 Å². The molecule has 1 heterocycles. The van der Waals surface area contributed by atoms with E-state index in [9.17, 15) is 4.79 Å². The van der Waals surface area contributed by atoms with Gasteiger partial charge in [0.15, 0.2) is 0 Å². The van der Waals surface area contributed by atoms with Crippen LogP contribution in [-0.2, 0) is 14.3 Å². The highest BCUT2D eigenvalue weighted by molar-refractivity contribution is 5.69. The van der Waals surface area contributed by atoms with Gasteiger partial charge >= 0.3 is 5.97 Å². The van der Waals surface area contributed by atoms with Gasteiger partial charge in [-0.3, -0.25) is 4.79 Å². The molecular weight excluding hydrogens is 240 g/mol. The van der Waals surface area contributed by atoms with Crippen molar-refractivity contribution in [3.8, 4) is 0 Å². The van der Waals surface area contributed by atoms with E-state index in [1.165, 1.54) is 6.42 Å². The Balaban J connectivity index is 1.50. The molecule has 1 saturated heterocycles. The second-order valence-electron chi connectivity index (χ2n) is 7.34. The van der Waals surface area contributed by atoms with Gasteiger partial charge in [-0.25, -0.2) is 0 Å². The van der Waals surface area contributed by atoms with Gasteiger partial charge in [0.1, 0.15) is 0 Å². The highest BCUT2D eigenvalue weighted by Gasteiger charge is 2.43. The first-order valence-electron chi connectivity index (χ1n) is 7.75. The summed E-state index contributed by atoms with van der Waals surface area (Å²) in [6, 6.07) is 0. The Morgan fingerprint density at radius 1 is 1.21 bits per heavy atom. The van der Waals surface area contributed by atoms with Crippen LogP contribution in [0, 0.1) is 11.3 Å². The summed E-state index contributed by atoms with van der Waals surface area (Å²) in [5, 5.41) is 0. The second kappa shape index (κ2) is 6.25. The van der Waals surface area contributed by atoms with Crippen molar-refractivity contribution >= 4 is 5.97 Å². The van der Waals surface area contributed by atoms with Crippen molar-refractivity contribution in [2.24, 2.45) is 11.3 Å². The molecule has 0 bridgehead atoms. The predicted molar refractivity (Wildman–Crippen MR) is 74.9 cm³/mol. The maximum Gasteiger partial charge on any atom is 0.305 e. The Hall–Kier alpha value is -0.570. The van der Waals surface area contributed by atoms with E-state index in [1.54, 1.807) is 0 Å². The zero-order chi connectivity index (χ0) is 13.9. The van der Waals surface area contributed by atoms with Crippen LogP contribution < -0.4 is 0 Å². The first-order valence-corrected chi connectivity index (χ1v) is 7.75. The molecule has 0 radical (unpaired) electrons. The molecule has 1 aliphatic heterocycles. The number of rotatable bonds is 6. The second-order valence-corrected chi connectivity index (χ2v) is 7.34. The van der Waals surface area contributed by atoms with Crippen molar-refractivity contribution in [3.63, 3.8) is 0 Å². The lowest BCUT2D eigenvalue weighted by molar-refractivity contribution is -0.145. The van der Waals surface area contributed by atoms with Gasteiger partial charge in [0, 0.05) is 6.42 Å². The molecule has 2 fully saturated rings. The Kier molecular flexibility index (Phi) is 4.88. The van der Waals surface area contributed by atoms with Gasteiger partial charge < -0.3 is 9.47 Å². The number of carbonyl (C=O) groups excluding carboxylic acids is 1. The Morgan fingerprint density at radius 3 is 2.68 bits per heavy atom. The molecule has 1 aliphatic carbocycles. The Bertz CT molecular complexity index is 306. The molecule has 2 rings (SSSR count). The van der Waals surface area contributed by atoms with Gasteiger partial charge in [-0.15, -0.1) is 0 Å². The van der Waals surface area contributed by atoms with Crippen molar-refractivity contribution < 1.29 is 14.3 Å². The third kappa shape index (κ3) is 5.52. The molecule has 1 saturated carbocycles. The fourth-order valence-corrected chi connectivity index (χ4v) is 2.85. The minimum atomic E-state index is -0.0206. The molecule has 19 heavy (non-hydrogen) atoms. The number of fused-ring (bicyclic) bond motifs is 1. The Labute approximate surface area is 117 Å². The summed E-state index contributed by atoms with van der Waals surface area (Å²) in [7, 11) is 0. The van der Waals surface area contributed by atoms with E-state index < -0.39 is 0 Å². The zero-order valence-corrected chi connectivity index (χ0v) is 12.6. The third-order valence-electron chi connectivity index (χ3n) is 4.15. The minimum Gasteiger partial charge on any atom is -0.465 e. The summed E-state index contributed by atoms with van der Waals surface area (Å²) in [6.07, 6.45) is 8.20. The lowest BCUT2D eigenvalue weighted by atomic mass is 9.89. The van der Waals surface area contributed by atoms with Gasteiger partial charge in [-0.05, 0) is 43.4 Å². The highest BCUT2D eigenvalue weighted by Crippen LogP contribution is 2.39. The van der Waals surface area contributed by atoms with E-state index in [1.807, 2.05) is 0 Å². The van der Waals surface area contributed by atoms with Crippen LogP contribution in [0.5, 0.6) is 0 Å². The number of hydrogen-bond donors (Lipinski definition) is 0. The van der Waals surface area contributed by atoms with Crippen LogP contribution >= 0.6 is 0 Å². The van der Waals surface area contributed by atoms with Gasteiger partial charge in [0.25, 0.3) is 0 Å². The molecule has 3 heteroatoms. The van der Waals surface area contributed by atoms with Gasteiger partial charge in [0.05, 0.1) is 18.8 Å². The first-order chi connectivity index (χ1) is 8.94. The monoisotopic (exact) mass is 268 g/mol. The van der Waals surface area contributed by atoms with Crippen LogP contribution in [0.3, 0.4) is 0 Å². The summed E-state index contributed by atoms with van der Waals surface area (Å²) in [6.45, 7) is 7.31. The summed E-state index contributed by atoms with van der Waals surface area (Å²) < 4.78 is 10.9. The zero-order valence-electron chi connectivity index (χ0n) is 12.6. The van der Waals surface area contributed by atoms with Crippen LogP contribution in [0.4, 0.5) is 0 Å². The number of unbranched alkanes of at least 4 members (excludes halogenated alkanes) is 1. The largest absolute Gasteiger partial charge is 0.465 e. The fraction of sp³-hybridized carbons (Fsp3) is 0.938. The van der Waals surface area contributed by atoms with E-state index in [-0.39, 0.29) is 5.97 Å². The fourth-order valence-electron chi connectivity index (χ4n) is 2.85. The maximum atomic E-state index is 11.6. The van der Waals surface area contributed by atoms with E-state index >= 15 is 0 Å². The van der Waals surface area contributed by atoms with Gasteiger partial charge in [-0.2, -0.15) is 0 Å². The molecule has 0 N–H and O–H groups in total. The summed E-state index contributed by atoms with van der Waals surface area (Å²) >= 11 is 0. The molecular formula is C16H28O3. The molecule has 0 aromatic rings. The number of esters is 1. The van der Waals surface area contributed by atoms with Crippen LogP contribution in [0.1, 0.15) is 65.7 Å². The number of carbonyl (C=O) groups is 1. The normalized spacial score (nSPS) is 29.7. The smallest absolute Gasteiger partial charge is 0.305 e. The molecule has 3 nitrogen and oxygen atoms in total. The van der Waals surface area contributed by atoms with Crippen LogP contribution in [0.15, 0.2) is 0 Å². The van der Waals surface area contributed by atoms with E-state index in [4.69, 9.17) is 9.47 Å². The summed E-state index contributed by atoms with van der Waals surface area (Å²) in [5.74, 6) is 0.509. The van der Waals surface area contributed by atoms with Crippen LogP contribution in [0.2, 0.25) is 0 Å². The van der Waals surface area contributed by atoms with Crippen LogP contribution in [0.25, 0.3) is 0 Å². The quantitative estimate of drug-likeness (QED) is 0.419. The van der Waals surface area contributed by atoms with Crippen molar-refractivity contribution in [2.75, 3.05) is 6.61 Å². The molecule has 110 valence electrons. The van der Waals surface area contributed by atoms with E-state index in [0.29, 0.717) is 36.6 Å². The van der Waals surface area contributed by atoms with Crippen molar-refractivity contribution in [3.05, 3.63) is 0 Å². The van der Waals surface area contributed by atoms with Gasteiger partial charge in [0.2, 0.25) is 0 Å². The summed E-state index contributed by atoms with van der Waals surface area (Å²) in [5.41, 5.74) is 0.368. The molecule has 2 aliphatic rings. The van der Waals surface area contributed by atoms with Gasteiger partial charge in [-0.1, -0.05) is 27.2 Å². The van der Waals surface area contributed by atoms with Crippen molar-refractivity contribution in [1.29, 1.82) is 0 Å². The molecule has 0 spiro atoms. The topological polar surface area (TPSA) is 38.8 Å².